The zero-order valence-electron chi connectivity index (χ0n) is 16.0. The van der Waals surface area contributed by atoms with Crippen molar-refractivity contribution in [3.05, 3.63) is 11.6 Å². The van der Waals surface area contributed by atoms with Crippen molar-refractivity contribution in [3.63, 3.8) is 0 Å². The van der Waals surface area contributed by atoms with Gasteiger partial charge in [-0.25, -0.2) is 18.1 Å². The van der Waals surface area contributed by atoms with Gasteiger partial charge in [-0.2, -0.15) is 5.10 Å². The second-order valence-corrected chi connectivity index (χ2v) is 12.3. The van der Waals surface area contributed by atoms with E-state index in [9.17, 15) is 8.42 Å². The van der Waals surface area contributed by atoms with Crippen molar-refractivity contribution >= 4 is 9.84 Å². The average molecular weight is 378 g/mol. The lowest BCUT2D eigenvalue weighted by molar-refractivity contribution is -0.00950. The number of rotatable bonds is 4. The summed E-state index contributed by atoms with van der Waals surface area (Å²) in [6, 6.07) is 0.276. The quantitative estimate of drug-likeness (QED) is 0.807. The molecule has 144 valence electrons. The molecule has 5 aliphatic rings. The van der Waals surface area contributed by atoms with Crippen molar-refractivity contribution < 1.29 is 8.42 Å². The van der Waals surface area contributed by atoms with Gasteiger partial charge < -0.3 is 0 Å². The van der Waals surface area contributed by atoms with Crippen LogP contribution >= 0.6 is 0 Å². The predicted molar refractivity (Wildman–Crippen MR) is 101 cm³/mol. The Labute approximate surface area is 156 Å². The maximum Gasteiger partial charge on any atom is 0.157 e. The van der Waals surface area contributed by atoms with Crippen molar-refractivity contribution in [1.29, 1.82) is 0 Å². The first-order chi connectivity index (χ1) is 12.3. The minimum absolute atomic E-state index is 0.214. The summed E-state index contributed by atoms with van der Waals surface area (Å²) in [7, 11) is -2.84. The number of aromatic nitrogens is 3. The lowest BCUT2D eigenvalue weighted by atomic mass is 9.49. The van der Waals surface area contributed by atoms with Gasteiger partial charge in [0.2, 0.25) is 0 Å². The van der Waals surface area contributed by atoms with Crippen molar-refractivity contribution in [2.45, 2.75) is 76.7 Å². The lowest BCUT2D eigenvalue weighted by Gasteiger charge is -2.55. The SMILES string of the molecule is CC(C)n1nc(C23CC4CC(CC(C4)C2)C3)nc1C[C@H]1CCS(=O)(=O)C1. The maximum absolute atomic E-state index is 11.8. The Morgan fingerprint density at radius 3 is 2.23 bits per heavy atom. The van der Waals surface area contributed by atoms with Crippen LogP contribution in [0.5, 0.6) is 0 Å². The van der Waals surface area contributed by atoms with Crippen LogP contribution in [0.15, 0.2) is 0 Å². The smallest absolute Gasteiger partial charge is 0.157 e. The van der Waals surface area contributed by atoms with E-state index in [-0.39, 0.29) is 17.4 Å². The van der Waals surface area contributed by atoms with Crippen LogP contribution in [0.4, 0.5) is 0 Å². The number of nitrogens with zero attached hydrogens (tertiary/aromatic N) is 3. The van der Waals surface area contributed by atoms with Gasteiger partial charge in [0.15, 0.2) is 15.7 Å². The third-order valence-corrected chi connectivity index (χ3v) is 9.34. The zero-order valence-corrected chi connectivity index (χ0v) is 16.8. The number of sulfone groups is 1. The molecule has 4 aliphatic carbocycles. The molecule has 6 heteroatoms. The second kappa shape index (κ2) is 5.79. The Morgan fingerprint density at radius 1 is 1.12 bits per heavy atom. The first kappa shape index (κ1) is 17.2. The van der Waals surface area contributed by atoms with E-state index in [1.54, 1.807) is 0 Å². The monoisotopic (exact) mass is 377 g/mol. The first-order valence-electron chi connectivity index (χ1n) is 10.5. The van der Waals surface area contributed by atoms with E-state index in [4.69, 9.17) is 10.1 Å². The highest BCUT2D eigenvalue weighted by atomic mass is 32.2. The van der Waals surface area contributed by atoms with Crippen LogP contribution in [0.3, 0.4) is 0 Å². The van der Waals surface area contributed by atoms with Crippen molar-refractivity contribution in [2.75, 3.05) is 11.5 Å². The summed E-state index contributed by atoms with van der Waals surface area (Å²) in [6.07, 6.45) is 9.65. The molecule has 4 bridgehead atoms. The van der Waals surface area contributed by atoms with E-state index >= 15 is 0 Å². The third kappa shape index (κ3) is 2.83. The molecule has 1 saturated heterocycles. The van der Waals surface area contributed by atoms with Crippen LogP contribution in [0, 0.1) is 23.7 Å². The average Bonchev–Trinajstić information content (AvgIpc) is 3.10. The normalized spacial score (nSPS) is 40.6. The van der Waals surface area contributed by atoms with Crippen molar-refractivity contribution in [2.24, 2.45) is 23.7 Å². The van der Waals surface area contributed by atoms with Gasteiger partial charge >= 0.3 is 0 Å². The van der Waals surface area contributed by atoms with E-state index in [1.807, 2.05) is 0 Å². The van der Waals surface area contributed by atoms with E-state index < -0.39 is 9.84 Å². The molecule has 1 aromatic heterocycles. The van der Waals surface area contributed by atoms with Gasteiger partial charge in [-0.1, -0.05) is 0 Å². The molecule has 1 atom stereocenters. The van der Waals surface area contributed by atoms with Gasteiger partial charge in [-0.15, -0.1) is 0 Å². The third-order valence-electron chi connectivity index (χ3n) is 7.50. The molecular formula is C20H31N3O2S. The molecule has 6 rings (SSSR count). The predicted octanol–water partition coefficient (Wildman–Crippen LogP) is 3.30. The molecule has 5 nitrogen and oxygen atoms in total. The van der Waals surface area contributed by atoms with Gasteiger partial charge in [0.25, 0.3) is 0 Å². The molecule has 1 aliphatic heterocycles. The van der Waals surface area contributed by atoms with Crippen LogP contribution in [0.2, 0.25) is 0 Å². The Morgan fingerprint density at radius 2 is 1.73 bits per heavy atom. The van der Waals surface area contributed by atoms with Crippen LogP contribution in [-0.4, -0.2) is 34.7 Å². The zero-order chi connectivity index (χ0) is 18.1. The fourth-order valence-corrected chi connectivity index (χ4v) is 8.67. The highest BCUT2D eigenvalue weighted by molar-refractivity contribution is 7.91. The number of hydrogen-bond acceptors (Lipinski definition) is 4. The van der Waals surface area contributed by atoms with Gasteiger partial charge in [0.1, 0.15) is 5.82 Å². The van der Waals surface area contributed by atoms with Gasteiger partial charge in [-0.05, 0) is 82.5 Å². The summed E-state index contributed by atoms with van der Waals surface area (Å²) in [5, 5.41) is 5.03. The van der Waals surface area contributed by atoms with E-state index in [1.165, 1.54) is 38.5 Å². The van der Waals surface area contributed by atoms with E-state index in [0.29, 0.717) is 11.5 Å². The topological polar surface area (TPSA) is 64.8 Å². The van der Waals surface area contributed by atoms with Crippen molar-refractivity contribution in [3.8, 4) is 0 Å². The number of hydrogen-bond donors (Lipinski definition) is 0. The van der Waals surface area contributed by atoms with Crippen molar-refractivity contribution in [1.82, 2.24) is 14.8 Å². The van der Waals surface area contributed by atoms with Crippen LogP contribution in [-0.2, 0) is 21.7 Å². The first-order valence-corrected chi connectivity index (χ1v) is 12.3. The molecule has 0 spiro atoms. The standard InChI is InChI=1S/C20H31N3O2S/c1-13(2)23-18(8-14-3-4-26(24,25)12-14)21-19(22-23)20-9-15-5-16(10-20)7-17(6-15)11-20/h13-17H,3-12H2,1-2H3/t14-,15?,16?,17?,20?/m1/s1. The largest absolute Gasteiger partial charge is 0.247 e. The summed E-state index contributed by atoms with van der Waals surface area (Å²) >= 11 is 0. The van der Waals surface area contributed by atoms with Gasteiger partial charge in [0, 0.05) is 17.9 Å². The fourth-order valence-electron chi connectivity index (χ4n) is 6.81. The molecule has 2 heterocycles. The molecule has 0 amide bonds. The van der Waals surface area contributed by atoms with Gasteiger partial charge in [0.05, 0.1) is 11.5 Å². The van der Waals surface area contributed by atoms with Gasteiger partial charge in [-0.3, -0.25) is 0 Å². The molecule has 5 fully saturated rings. The molecule has 0 N–H and O–H groups in total. The van der Waals surface area contributed by atoms with Crippen LogP contribution in [0.1, 0.15) is 76.5 Å². The molecule has 0 unspecified atom stereocenters. The molecule has 4 saturated carbocycles. The van der Waals surface area contributed by atoms with Crippen LogP contribution in [0.25, 0.3) is 0 Å². The summed E-state index contributed by atoms with van der Waals surface area (Å²) in [6.45, 7) is 4.32. The highest BCUT2D eigenvalue weighted by Crippen LogP contribution is 2.60. The summed E-state index contributed by atoms with van der Waals surface area (Å²) in [4.78, 5) is 5.09. The Kier molecular flexibility index (Phi) is 3.83. The summed E-state index contributed by atoms with van der Waals surface area (Å²) in [5.41, 5.74) is 0.214. The molecule has 26 heavy (non-hydrogen) atoms. The maximum atomic E-state index is 11.8. The van der Waals surface area contributed by atoms with Crippen LogP contribution < -0.4 is 0 Å². The fraction of sp³-hybridized carbons (Fsp3) is 0.900. The Bertz CT molecular complexity index is 776. The molecule has 0 aromatic carbocycles. The molecule has 0 radical (unpaired) electrons. The lowest BCUT2D eigenvalue weighted by Crippen LogP contribution is -2.49. The summed E-state index contributed by atoms with van der Waals surface area (Å²) in [5.74, 6) is 5.64. The minimum atomic E-state index is -2.84. The van der Waals surface area contributed by atoms with E-state index in [0.717, 1.165) is 42.2 Å². The summed E-state index contributed by atoms with van der Waals surface area (Å²) < 4.78 is 25.8. The Balaban J connectivity index is 1.45. The van der Waals surface area contributed by atoms with E-state index in [2.05, 4.69) is 18.5 Å². The molecule has 1 aromatic rings. The Hall–Kier alpha value is -0.910. The highest BCUT2D eigenvalue weighted by Gasteiger charge is 2.53. The second-order valence-electron chi connectivity index (χ2n) is 10.1. The molecular weight excluding hydrogens is 346 g/mol. The minimum Gasteiger partial charge on any atom is -0.247 e.